The molecule has 0 N–H and O–H groups in total. The molecule has 0 fully saturated rings. The highest BCUT2D eigenvalue weighted by Gasteiger charge is 2.08. The van der Waals surface area contributed by atoms with Gasteiger partial charge in [0.15, 0.2) is 0 Å². The molecular weight excluding hydrogens is 218 g/mol. The fourth-order valence-electron chi connectivity index (χ4n) is 1.73. The minimum atomic E-state index is 1.04. The third-order valence-electron chi connectivity index (χ3n) is 2.75. The highest BCUT2D eigenvalue weighted by molar-refractivity contribution is 5.57. The monoisotopic (exact) mass is 245 g/mol. The first-order chi connectivity index (χ1) is 8.60. The lowest BCUT2D eigenvalue weighted by Crippen LogP contribution is -2.17. The summed E-state index contributed by atoms with van der Waals surface area (Å²) in [6, 6.07) is 8.66. The number of hydrogen-bond acceptors (Lipinski definition) is 1. The Balaban J connectivity index is 0.00000137. The van der Waals surface area contributed by atoms with Crippen LogP contribution >= 0.6 is 0 Å². The molecule has 0 aliphatic carbocycles. The second-order valence-corrected chi connectivity index (χ2v) is 4.02. The molecule has 1 aromatic carbocycles. The van der Waals surface area contributed by atoms with E-state index in [4.69, 9.17) is 0 Å². The summed E-state index contributed by atoms with van der Waals surface area (Å²) in [5.41, 5.74) is 4.79. The van der Waals surface area contributed by atoms with Crippen LogP contribution in [0.1, 0.15) is 47.1 Å². The zero-order valence-electron chi connectivity index (χ0n) is 12.7. The first-order valence-corrected chi connectivity index (χ1v) is 6.77. The Morgan fingerprint density at radius 2 is 1.67 bits per heavy atom. The van der Waals surface area contributed by atoms with Gasteiger partial charge in [-0.05, 0) is 44.9 Å². The van der Waals surface area contributed by atoms with Crippen molar-refractivity contribution in [1.29, 1.82) is 0 Å². The molecule has 0 amide bonds. The molecule has 0 atom stereocenters. The van der Waals surface area contributed by atoms with Gasteiger partial charge in [-0.25, -0.2) is 0 Å². The van der Waals surface area contributed by atoms with E-state index >= 15 is 0 Å². The van der Waals surface area contributed by atoms with Crippen molar-refractivity contribution < 1.29 is 0 Å². The lowest BCUT2D eigenvalue weighted by molar-refractivity contribution is 1.06. The van der Waals surface area contributed by atoms with E-state index in [2.05, 4.69) is 55.7 Å². The van der Waals surface area contributed by atoms with Gasteiger partial charge in [0.2, 0.25) is 0 Å². The third kappa shape index (κ3) is 4.40. The molecule has 18 heavy (non-hydrogen) atoms. The van der Waals surface area contributed by atoms with Gasteiger partial charge in [0.25, 0.3) is 0 Å². The van der Waals surface area contributed by atoms with Crippen LogP contribution in [0.3, 0.4) is 0 Å². The van der Waals surface area contributed by atoms with Crippen LogP contribution in [0.25, 0.3) is 0 Å². The van der Waals surface area contributed by atoms with E-state index in [1.807, 2.05) is 27.7 Å². The maximum atomic E-state index is 4.03. The average molecular weight is 245 g/mol. The van der Waals surface area contributed by atoms with Crippen LogP contribution < -0.4 is 4.90 Å². The van der Waals surface area contributed by atoms with Gasteiger partial charge in [-0.15, -0.1) is 0 Å². The van der Waals surface area contributed by atoms with E-state index in [9.17, 15) is 0 Å². The van der Waals surface area contributed by atoms with E-state index in [-0.39, 0.29) is 0 Å². The highest BCUT2D eigenvalue weighted by atomic mass is 15.1. The smallest absolute Gasteiger partial charge is 0.0454 e. The normalized spacial score (nSPS) is 10.4. The standard InChI is InChI=1S/C15H21N.C2H6/c1-6-13(5)16(12(3)4)15-10-8-14(7-2)9-11-15;1-2/h6,8-11H,3,7H2,1-2,4-5H3;1-2H3/b13-6-;. The number of aryl methyl sites for hydroxylation is 1. The van der Waals surface area contributed by atoms with Crippen molar-refractivity contribution in [2.75, 3.05) is 4.90 Å². The number of nitrogens with zero attached hydrogens (tertiary/aromatic N) is 1. The van der Waals surface area contributed by atoms with Crippen LogP contribution in [0.5, 0.6) is 0 Å². The zero-order chi connectivity index (χ0) is 14.1. The van der Waals surface area contributed by atoms with Crippen LogP contribution in [0.15, 0.2) is 48.3 Å². The van der Waals surface area contributed by atoms with Gasteiger partial charge in [0, 0.05) is 17.1 Å². The molecule has 1 nitrogen and oxygen atoms in total. The molecule has 0 saturated carbocycles. The minimum absolute atomic E-state index is 1.04. The molecule has 0 spiro atoms. The Hall–Kier alpha value is -1.50. The summed E-state index contributed by atoms with van der Waals surface area (Å²) in [5.74, 6) is 0. The molecule has 0 aromatic heterocycles. The molecule has 0 aliphatic rings. The van der Waals surface area contributed by atoms with Crippen molar-refractivity contribution in [3.05, 3.63) is 53.9 Å². The van der Waals surface area contributed by atoms with Crippen molar-refractivity contribution in [1.82, 2.24) is 0 Å². The second kappa shape index (κ2) is 8.57. The van der Waals surface area contributed by atoms with Crippen LogP contribution in [0, 0.1) is 0 Å². The molecule has 100 valence electrons. The number of anilines is 1. The van der Waals surface area contributed by atoms with Gasteiger partial charge in [-0.1, -0.05) is 45.6 Å². The van der Waals surface area contributed by atoms with Crippen molar-refractivity contribution in [3.63, 3.8) is 0 Å². The van der Waals surface area contributed by atoms with Gasteiger partial charge >= 0.3 is 0 Å². The maximum Gasteiger partial charge on any atom is 0.0454 e. The number of rotatable bonds is 4. The SMILES string of the molecule is C=C(C)N(/C(C)=C\C)c1ccc(CC)cc1.CC. The largest absolute Gasteiger partial charge is 0.319 e. The summed E-state index contributed by atoms with van der Waals surface area (Å²) in [4.78, 5) is 2.17. The van der Waals surface area contributed by atoms with Gasteiger partial charge in [0.05, 0.1) is 0 Å². The first-order valence-electron chi connectivity index (χ1n) is 6.77. The first kappa shape index (κ1) is 16.5. The number of allylic oxidation sites excluding steroid dienone is 3. The molecule has 1 heteroatoms. The summed E-state index contributed by atoms with van der Waals surface area (Å²) < 4.78 is 0. The summed E-state index contributed by atoms with van der Waals surface area (Å²) in [5, 5.41) is 0. The topological polar surface area (TPSA) is 3.24 Å². The average Bonchev–Trinajstić information content (AvgIpc) is 2.41. The predicted octanol–water partition coefficient (Wildman–Crippen LogP) is 5.54. The molecule has 0 bridgehead atoms. The van der Waals surface area contributed by atoms with E-state index in [1.54, 1.807) is 0 Å². The molecule has 0 aliphatic heterocycles. The highest BCUT2D eigenvalue weighted by Crippen LogP contribution is 2.23. The summed E-state index contributed by atoms with van der Waals surface area (Å²) in [7, 11) is 0. The Morgan fingerprint density at radius 3 is 2.00 bits per heavy atom. The lowest BCUT2D eigenvalue weighted by Gasteiger charge is -2.25. The van der Waals surface area contributed by atoms with Crippen molar-refractivity contribution in [2.24, 2.45) is 0 Å². The van der Waals surface area contributed by atoms with Crippen LogP contribution in [0.2, 0.25) is 0 Å². The quantitative estimate of drug-likeness (QED) is 0.673. The van der Waals surface area contributed by atoms with E-state index in [0.29, 0.717) is 0 Å². The van der Waals surface area contributed by atoms with Crippen LogP contribution in [0.4, 0.5) is 5.69 Å². The minimum Gasteiger partial charge on any atom is -0.319 e. The van der Waals surface area contributed by atoms with Crippen LogP contribution in [-0.4, -0.2) is 0 Å². The Kier molecular flexibility index (Phi) is 7.86. The predicted molar refractivity (Wildman–Crippen MR) is 83.9 cm³/mol. The zero-order valence-corrected chi connectivity index (χ0v) is 12.7. The molecule has 0 saturated heterocycles. The maximum absolute atomic E-state index is 4.03. The van der Waals surface area contributed by atoms with Crippen molar-refractivity contribution >= 4 is 5.69 Å². The van der Waals surface area contributed by atoms with Crippen molar-refractivity contribution in [3.8, 4) is 0 Å². The van der Waals surface area contributed by atoms with Gasteiger partial charge in [0.1, 0.15) is 0 Å². The molecule has 1 rings (SSSR count). The fourth-order valence-corrected chi connectivity index (χ4v) is 1.73. The van der Waals surface area contributed by atoms with Gasteiger partial charge < -0.3 is 4.90 Å². The van der Waals surface area contributed by atoms with Crippen molar-refractivity contribution in [2.45, 2.75) is 48.0 Å². The molecule has 0 heterocycles. The van der Waals surface area contributed by atoms with Gasteiger partial charge in [-0.3, -0.25) is 0 Å². The van der Waals surface area contributed by atoms with E-state index < -0.39 is 0 Å². The van der Waals surface area contributed by atoms with Gasteiger partial charge in [-0.2, -0.15) is 0 Å². The second-order valence-electron chi connectivity index (χ2n) is 4.02. The molecule has 0 radical (unpaired) electrons. The Bertz CT molecular complexity index is 385. The van der Waals surface area contributed by atoms with E-state index in [1.165, 1.54) is 16.9 Å². The number of hydrogen-bond donors (Lipinski definition) is 0. The molecule has 1 aromatic rings. The number of benzene rings is 1. The third-order valence-corrected chi connectivity index (χ3v) is 2.75. The summed E-state index contributed by atoms with van der Waals surface area (Å²) >= 11 is 0. The Labute approximate surface area is 113 Å². The lowest BCUT2D eigenvalue weighted by atomic mass is 10.1. The van der Waals surface area contributed by atoms with Crippen LogP contribution in [-0.2, 0) is 6.42 Å². The molecule has 0 unspecified atom stereocenters. The Morgan fingerprint density at radius 1 is 1.17 bits per heavy atom. The molecular formula is C17H27N. The summed E-state index contributed by atoms with van der Waals surface area (Å²) in [6.45, 7) is 16.4. The summed E-state index contributed by atoms with van der Waals surface area (Å²) in [6.07, 6.45) is 3.18. The fraction of sp³-hybridized carbons (Fsp3) is 0.412. The van der Waals surface area contributed by atoms with E-state index in [0.717, 1.165) is 12.1 Å².